The summed E-state index contributed by atoms with van der Waals surface area (Å²) in [6, 6.07) is 8.45. The van der Waals surface area contributed by atoms with E-state index < -0.39 is 0 Å². The van der Waals surface area contributed by atoms with E-state index in [1.807, 2.05) is 35.1 Å². The number of rotatable bonds is 5. The number of hydrogen-bond acceptors (Lipinski definition) is 3. The van der Waals surface area contributed by atoms with Gasteiger partial charge in [0.2, 0.25) is 0 Å². The van der Waals surface area contributed by atoms with Crippen molar-refractivity contribution in [2.45, 2.75) is 38.4 Å². The Labute approximate surface area is 117 Å². The molecule has 1 fully saturated rings. The summed E-state index contributed by atoms with van der Waals surface area (Å²) in [5.74, 6) is 0. The SMILES string of the molecule is Clc1ccccc1CNCc1cn(C2CCC2)nn1. The molecular weight excluding hydrogens is 260 g/mol. The van der Waals surface area contributed by atoms with E-state index >= 15 is 0 Å². The van der Waals surface area contributed by atoms with Crippen molar-refractivity contribution in [3.8, 4) is 0 Å². The van der Waals surface area contributed by atoms with Crippen molar-refractivity contribution in [3.05, 3.63) is 46.7 Å². The van der Waals surface area contributed by atoms with Crippen LogP contribution in [0.15, 0.2) is 30.5 Å². The number of benzene rings is 1. The van der Waals surface area contributed by atoms with Crippen LogP contribution >= 0.6 is 11.6 Å². The highest BCUT2D eigenvalue weighted by atomic mass is 35.5. The van der Waals surface area contributed by atoms with Gasteiger partial charge >= 0.3 is 0 Å². The Hall–Kier alpha value is -1.39. The molecule has 1 aromatic heterocycles. The van der Waals surface area contributed by atoms with Crippen LogP contribution in [-0.4, -0.2) is 15.0 Å². The van der Waals surface area contributed by atoms with Crippen LogP contribution in [0.2, 0.25) is 5.02 Å². The van der Waals surface area contributed by atoms with Crippen LogP contribution in [0.3, 0.4) is 0 Å². The molecule has 1 aromatic carbocycles. The summed E-state index contributed by atoms with van der Waals surface area (Å²) < 4.78 is 2.00. The first kappa shape index (κ1) is 12.6. The van der Waals surface area contributed by atoms with Gasteiger partial charge in [0.25, 0.3) is 0 Å². The molecule has 0 bridgehead atoms. The standard InChI is InChI=1S/C14H17ClN4/c15-14-7-2-1-4-11(14)8-16-9-12-10-19(18-17-12)13-5-3-6-13/h1-2,4,7,10,13,16H,3,5-6,8-9H2. The predicted octanol–water partition coefficient (Wildman–Crippen LogP) is 2.95. The molecule has 2 aromatic rings. The van der Waals surface area contributed by atoms with Gasteiger partial charge in [-0.2, -0.15) is 0 Å². The third-order valence-corrected chi connectivity index (χ3v) is 3.95. The van der Waals surface area contributed by atoms with E-state index in [0.29, 0.717) is 6.04 Å². The van der Waals surface area contributed by atoms with Gasteiger partial charge in [0, 0.05) is 18.1 Å². The highest BCUT2D eigenvalue weighted by Crippen LogP contribution is 2.30. The molecule has 0 amide bonds. The quantitative estimate of drug-likeness (QED) is 0.913. The molecule has 1 aliphatic rings. The second kappa shape index (κ2) is 5.72. The van der Waals surface area contributed by atoms with E-state index in [2.05, 4.69) is 15.6 Å². The van der Waals surface area contributed by atoms with Gasteiger partial charge in [0.1, 0.15) is 0 Å². The summed E-state index contributed by atoms with van der Waals surface area (Å²) in [6.45, 7) is 1.47. The van der Waals surface area contributed by atoms with Crippen LogP contribution in [0.1, 0.15) is 36.6 Å². The molecule has 1 saturated carbocycles. The van der Waals surface area contributed by atoms with Gasteiger partial charge < -0.3 is 5.32 Å². The topological polar surface area (TPSA) is 42.7 Å². The van der Waals surface area contributed by atoms with E-state index in [0.717, 1.165) is 29.4 Å². The second-order valence-corrected chi connectivity index (χ2v) is 5.38. The zero-order valence-corrected chi connectivity index (χ0v) is 11.5. The second-order valence-electron chi connectivity index (χ2n) is 4.97. The van der Waals surface area contributed by atoms with E-state index in [1.165, 1.54) is 19.3 Å². The first-order chi connectivity index (χ1) is 9.33. The normalized spacial score (nSPS) is 15.4. The van der Waals surface area contributed by atoms with E-state index in [9.17, 15) is 0 Å². The Balaban J connectivity index is 1.52. The van der Waals surface area contributed by atoms with Crippen molar-refractivity contribution in [1.82, 2.24) is 20.3 Å². The molecule has 0 aliphatic heterocycles. The van der Waals surface area contributed by atoms with Gasteiger partial charge in [-0.3, -0.25) is 0 Å². The Kier molecular flexibility index (Phi) is 3.80. The molecule has 0 saturated heterocycles. The first-order valence-corrected chi connectivity index (χ1v) is 7.05. The summed E-state index contributed by atoms with van der Waals surface area (Å²) in [5, 5.41) is 12.5. The molecule has 19 heavy (non-hydrogen) atoms. The predicted molar refractivity (Wildman–Crippen MR) is 74.9 cm³/mol. The molecule has 3 rings (SSSR count). The first-order valence-electron chi connectivity index (χ1n) is 6.68. The van der Waals surface area contributed by atoms with Gasteiger partial charge in [-0.15, -0.1) is 5.10 Å². The average Bonchev–Trinajstić information content (AvgIpc) is 2.78. The number of nitrogens with zero attached hydrogens (tertiary/aromatic N) is 3. The van der Waals surface area contributed by atoms with Crippen LogP contribution in [-0.2, 0) is 13.1 Å². The molecule has 0 radical (unpaired) electrons. The minimum absolute atomic E-state index is 0.574. The Morgan fingerprint density at radius 3 is 2.84 bits per heavy atom. The summed E-state index contributed by atoms with van der Waals surface area (Å²) in [4.78, 5) is 0. The number of hydrogen-bond donors (Lipinski definition) is 1. The van der Waals surface area contributed by atoms with E-state index in [-0.39, 0.29) is 0 Å². The lowest BCUT2D eigenvalue weighted by Gasteiger charge is -2.24. The number of aromatic nitrogens is 3. The Morgan fingerprint density at radius 1 is 1.26 bits per heavy atom. The van der Waals surface area contributed by atoms with E-state index in [1.54, 1.807) is 0 Å². The van der Waals surface area contributed by atoms with Crippen LogP contribution in [0, 0.1) is 0 Å². The molecular formula is C14H17ClN4. The Morgan fingerprint density at radius 2 is 2.11 bits per heavy atom. The van der Waals surface area contributed by atoms with Crippen LogP contribution in [0.4, 0.5) is 0 Å². The van der Waals surface area contributed by atoms with Gasteiger partial charge in [-0.05, 0) is 30.9 Å². The molecule has 100 valence electrons. The summed E-state index contributed by atoms with van der Waals surface area (Å²) in [7, 11) is 0. The van der Waals surface area contributed by atoms with Gasteiger partial charge in [0.15, 0.2) is 0 Å². The fourth-order valence-electron chi connectivity index (χ4n) is 2.19. The third-order valence-electron chi connectivity index (χ3n) is 3.59. The van der Waals surface area contributed by atoms with Crippen molar-refractivity contribution in [3.63, 3.8) is 0 Å². The molecule has 0 unspecified atom stereocenters. The molecule has 0 atom stereocenters. The zero-order chi connectivity index (χ0) is 13.1. The molecule has 4 nitrogen and oxygen atoms in total. The van der Waals surface area contributed by atoms with Crippen LogP contribution in [0.25, 0.3) is 0 Å². The largest absolute Gasteiger partial charge is 0.307 e. The maximum absolute atomic E-state index is 6.11. The number of halogens is 1. The lowest BCUT2D eigenvalue weighted by molar-refractivity contribution is 0.284. The van der Waals surface area contributed by atoms with Crippen molar-refractivity contribution in [2.75, 3.05) is 0 Å². The summed E-state index contributed by atoms with van der Waals surface area (Å²) in [6.07, 6.45) is 5.82. The summed E-state index contributed by atoms with van der Waals surface area (Å²) >= 11 is 6.11. The maximum atomic E-state index is 6.11. The van der Waals surface area contributed by atoms with Crippen molar-refractivity contribution in [1.29, 1.82) is 0 Å². The minimum Gasteiger partial charge on any atom is -0.307 e. The fourth-order valence-corrected chi connectivity index (χ4v) is 2.39. The van der Waals surface area contributed by atoms with Crippen LogP contribution < -0.4 is 5.32 Å². The number of nitrogens with one attached hydrogen (secondary N) is 1. The van der Waals surface area contributed by atoms with Crippen molar-refractivity contribution in [2.24, 2.45) is 0 Å². The summed E-state index contributed by atoms with van der Waals surface area (Å²) in [5.41, 5.74) is 2.09. The smallest absolute Gasteiger partial charge is 0.0965 e. The fraction of sp³-hybridized carbons (Fsp3) is 0.429. The van der Waals surface area contributed by atoms with Gasteiger partial charge in [0.05, 0.1) is 17.9 Å². The van der Waals surface area contributed by atoms with Crippen molar-refractivity contribution >= 4 is 11.6 Å². The maximum Gasteiger partial charge on any atom is 0.0965 e. The molecule has 1 aliphatic carbocycles. The minimum atomic E-state index is 0.574. The van der Waals surface area contributed by atoms with Crippen molar-refractivity contribution < 1.29 is 0 Å². The molecule has 5 heteroatoms. The lowest BCUT2D eigenvalue weighted by atomic mass is 9.93. The van der Waals surface area contributed by atoms with E-state index in [4.69, 9.17) is 11.6 Å². The lowest BCUT2D eigenvalue weighted by Crippen LogP contribution is -2.17. The zero-order valence-electron chi connectivity index (χ0n) is 10.7. The average molecular weight is 277 g/mol. The third kappa shape index (κ3) is 2.96. The highest BCUT2D eigenvalue weighted by molar-refractivity contribution is 6.31. The highest BCUT2D eigenvalue weighted by Gasteiger charge is 2.20. The van der Waals surface area contributed by atoms with Gasteiger partial charge in [-0.1, -0.05) is 35.0 Å². The molecule has 1 N–H and O–H groups in total. The molecule has 0 spiro atoms. The Bertz CT molecular complexity index is 548. The molecule has 1 heterocycles. The van der Waals surface area contributed by atoms with Gasteiger partial charge in [-0.25, -0.2) is 4.68 Å². The van der Waals surface area contributed by atoms with Crippen LogP contribution in [0.5, 0.6) is 0 Å². The monoisotopic (exact) mass is 276 g/mol.